The van der Waals surface area contributed by atoms with E-state index >= 15 is 0 Å². The number of benzene rings is 1. The van der Waals surface area contributed by atoms with Gasteiger partial charge < -0.3 is 5.11 Å². The van der Waals surface area contributed by atoms with Gasteiger partial charge in [0.15, 0.2) is 0 Å². The predicted molar refractivity (Wildman–Crippen MR) is 79.9 cm³/mol. The molecule has 2 aromatic heterocycles. The Labute approximate surface area is 121 Å². The van der Waals surface area contributed by atoms with Gasteiger partial charge in [-0.2, -0.15) is 0 Å². The fourth-order valence-corrected chi connectivity index (χ4v) is 2.22. The Morgan fingerprint density at radius 2 is 2.00 bits per heavy atom. The average molecular weight is 281 g/mol. The number of carboxylic acids is 1. The maximum absolute atomic E-state index is 11.3. The van der Waals surface area contributed by atoms with E-state index in [0.717, 1.165) is 16.7 Å². The summed E-state index contributed by atoms with van der Waals surface area (Å²) in [5.41, 5.74) is 2.75. The van der Waals surface area contributed by atoms with Crippen LogP contribution in [0.4, 0.5) is 0 Å². The zero-order valence-corrected chi connectivity index (χ0v) is 11.8. The second-order valence-electron chi connectivity index (χ2n) is 5.20. The van der Waals surface area contributed by atoms with Crippen molar-refractivity contribution in [3.8, 4) is 5.82 Å². The van der Waals surface area contributed by atoms with Crippen molar-refractivity contribution in [1.82, 2.24) is 14.5 Å². The van der Waals surface area contributed by atoms with Gasteiger partial charge in [0.2, 0.25) is 0 Å². The lowest BCUT2D eigenvalue weighted by Crippen LogP contribution is -2.06. The van der Waals surface area contributed by atoms with Crippen LogP contribution in [0, 0.1) is 0 Å². The van der Waals surface area contributed by atoms with Crippen LogP contribution in [-0.4, -0.2) is 25.6 Å². The zero-order chi connectivity index (χ0) is 15.0. The maximum atomic E-state index is 11.3. The summed E-state index contributed by atoms with van der Waals surface area (Å²) in [6.45, 7) is 3.98. The minimum absolute atomic E-state index is 0.151. The fraction of sp³-hybridized carbons (Fsp3) is 0.188. The summed E-state index contributed by atoms with van der Waals surface area (Å²) >= 11 is 0. The number of hydrogen-bond acceptors (Lipinski definition) is 3. The Kier molecular flexibility index (Phi) is 3.17. The summed E-state index contributed by atoms with van der Waals surface area (Å²) in [6, 6.07) is 10.9. The normalized spacial score (nSPS) is 11.2. The topological polar surface area (TPSA) is 68.0 Å². The van der Waals surface area contributed by atoms with Crippen LogP contribution < -0.4 is 0 Å². The lowest BCUT2D eigenvalue weighted by molar-refractivity contribution is 0.0696. The molecule has 0 amide bonds. The van der Waals surface area contributed by atoms with Gasteiger partial charge >= 0.3 is 5.97 Å². The number of rotatable bonds is 3. The third-order valence-corrected chi connectivity index (χ3v) is 3.37. The molecule has 0 bridgehead atoms. The average Bonchev–Trinajstić information content (AvgIpc) is 2.90. The van der Waals surface area contributed by atoms with Gasteiger partial charge in [-0.1, -0.05) is 26.0 Å². The minimum atomic E-state index is -0.954. The number of hydrogen-bond donors (Lipinski definition) is 1. The van der Waals surface area contributed by atoms with E-state index in [1.54, 1.807) is 18.5 Å². The van der Waals surface area contributed by atoms with E-state index in [1.165, 1.54) is 0 Å². The molecule has 106 valence electrons. The summed E-state index contributed by atoms with van der Waals surface area (Å²) in [7, 11) is 0. The van der Waals surface area contributed by atoms with E-state index in [9.17, 15) is 9.90 Å². The lowest BCUT2D eigenvalue weighted by Gasteiger charge is -2.10. The molecule has 0 aliphatic heterocycles. The smallest absolute Gasteiger partial charge is 0.335 e. The molecule has 0 fully saturated rings. The molecule has 0 aliphatic rings. The van der Waals surface area contributed by atoms with Crippen LogP contribution in [0.1, 0.15) is 35.8 Å². The summed E-state index contributed by atoms with van der Waals surface area (Å²) in [4.78, 5) is 20.2. The summed E-state index contributed by atoms with van der Waals surface area (Å²) < 4.78 is 1.81. The molecule has 0 saturated heterocycles. The summed E-state index contributed by atoms with van der Waals surface area (Å²) in [5.74, 6) is -0.227. The first-order valence-electron chi connectivity index (χ1n) is 6.74. The number of fused-ring (bicyclic) bond motifs is 1. The molecular weight excluding hydrogens is 266 g/mol. The summed E-state index contributed by atoms with van der Waals surface area (Å²) in [6.07, 6.45) is 1.67. The van der Waals surface area contributed by atoms with E-state index in [4.69, 9.17) is 0 Å². The Morgan fingerprint density at radius 3 is 2.71 bits per heavy atom. The number of nitrogens with zero attached hydrogens (tertiary/aromatic N) is 3. The number of carbonyl (C=O) groups is 1. The van der Waals surface area contributed by atoms with Crippen molar-refractivity contribution < 1.29 is 9.90 Å². The molecule has 0 aliphatic carbocycles. The Bertz CT molecular complexity index is 821. The second kappa shape index (κ2) is 5.01. The SMILES string of the molecule is CC(C)c1cc(C(=O)O)cc(-n2cnc3ccccc32)n1. The minimum Gasteiger partial charge on any atom is -0.478 e. The van der Waals surface area contributed by atoms with Crippen molar-refractivity contribution in [3.05, 3.63) is 54.0 Å². The van der Waals surface area contributed by atoms with E-state index < -0.39 is 5.97 Å². The molecule has 0 atom stereocenters. The van der Waals surface area contributed by atoms with Crippen molar-refractivity contribution in [1.29, 1.82) is 0 Å². The highest BCUT2D eigenvalue weighted by Crippen LogP contribution is 2.21. The first-order valence-corrected chi connectivity index (χ1v) is 6.74. The monoisotopic (exact) mass is 281 g/mol. The van der Waals surface area contributed by atoms with Crippen LogP contribution in [0.5, 0.6) is 0 Å². The third-order valence-electron chi connectivity index (χ3n) is 3.37. The number of carboxylic acid groups (broad SMARTS) is 1. The van der Waals surface area contributed by atoms with Gasteiger partial charge in [0.25, 0.3) is 0 Å². The first kappa shape index (κ1) is 13.3. The molecular formula is C16H15N3O2. The number of imidazole rings is 1. The van der Waals surface area contributed by atoms with Gasteiger partial charge in [0.1, 0.15) is 12.1 Å². The lowest BCUT2D eigenvalue weighted by atomic mass is 10.1. The second-order valence-corrected chi connectivity index (χ2v) is 5.20. The summed E-state index contributed by atoms with van der Waals surface area (Å²) in [5, 5.41) is 9.27. The van der Waals surface area contributed by atoms with Crippen molar-refractivity contribution in [2.75, 3.05) is 0 Å². The highest BCUT2D eigenvalue weighted by Gasteiger charge is 2.13. The molecule has 0 unspecified atom stereocenters. The first-order chi connectivity index (χ1) is 10.1. The van der Waals surface area contributed by atoms with Gasteiger partial charge in [-0.3, -0.25) is 4.57 Å². The van der Waals surface area contributed by atoms with Crippen molar-refractivity contribution >= 4 is 17.0 Å². The molecule has 0 spiro atoms. The van der Waals surface area contributed by atoms with Gasteiger partial charge in [-0.05, 0) is 30.2 Å². The molecule has 5 heteroatoms. The highest BCUT2D eigenvalue weighted by molar-refractivity contribution is 5.88. The number of aromatic nitrogens is 3. The van der Waals surface area contributed by atoms with Crippen LogP contribution in [0.2, 0.25) is 0 Å². The molecule has 0 radical (unpaired) electrons. The van der Waals surface area contributed by atoms with Crippen LogP contribution in [0.15, 0.2) is 42.7 Å². The van der Waals surface area contributed by atoms with Gasteiger partial charge in [0, 0.05) is 5.69 Å². The van der Waals surface area contributed by atoms with Gasteiger partial charge in [0.05, 0.1) is 16.6 Å². The van der Waals surface area contributed by atoms with Crippen LogP contribution >= 0.6 is 0 Å². The van der Waals surface area contributed by atoms with Crippen molar-refractivity contribution in [2.45, 2.75) is 19.8 Å². The predicted octanol–water partition coefficient (Wildman–Crippen LogP) is 3.24. The number of para-hydroxylation sites is 2. The largest absolute Gasteiger partial charge is 0.478 e. The zero-order valence-electron chi connectivity index (χ0n) is 11.8. The Balaban J connectivity index is 2.24. The number of aromatic carboxylic acids is 1. The molecule has 0 saturated carbocycles. The van der Waals surface area contributed by atoms with Crippen molar-refractivity contribution in [2.24, 2.45) is 0 Å². The molecule has 21 heavy (non-hydrogen) atoms. The van der Waals surface area contributed by atoms with E-state index in [-0.39, 0.29) is 11.5 Å². The van der Waals surface area contributed by atoms with Crippen LogP contribution in [0.25, 0.3) is 16.9 Å². The molecule has 2 heterocycles. The standard InChI is InChI=1S/C16H15N3O2/c1-10(2)13-7-11(16(20)21)8-15(18-13)19-9-17-12-5-3-4-6-14(12)19/h3-10H,1-2H3,(H,20,21). The van der Waals surface area contributed by atoms with Gasteiger partial charge in [-0.15, -0.1) is 0 Å². The third kappa shape index (κ3) is 2.38. The van der Waals surface area contributed by atoms with E-state index in [0.29, 0.717) is 5.82 Å². The highest BCUT2D eigenvalue weighted by atomic mass is 16.4. The van der Waals surface area contributed by atoms with Crippen LogP contribution in [0.3, 0.4) is 0 Å². The van der Waals surface area contributed by atoms with Crippen LogP contribution in [-0.2, 0) is 0 Å². The molecule has 1 aromatic carbocycles. The Morgan fingerprint density at radius 1 is 1.24 bits per heavy atom. The Hall–Kier alpha value is -2.69. The fourth-order valence-electron chi connectivity index (χ4n) is 2.22. The quantitative estimate of drug-likeness (QED) is 0.800. The van der Waals surface area contributed by atoms with E-state index in [1.807, 2.05) is 42.7 Å². The molecule has 1 N–H and O–H groups in total. The molecule has 3 aromatic rings. The maximum Gasteiger partial charge on any atom is 0.335 e. The van der Waals surface area contributed by atoms with Gasteiger partial charge in [-0.25, -0.2) is 14.8 Å². The number of pyridine rings is 1. The molecule has 5 nitrogen and oxygen atoms in total. The van der Waals surface area contributed by atoms with E-state index in [2.05, 4.69) is 9.97 Å². The molecule has 3 rings (SSSR count). The van der Waals surface area contributed by atoms with Crippen molar-refractivity contribution in [3.63, 3.8) is 0 Å².